The minimum Gasteiger partial charge on any atom is -0.349 e. The Bertz CT molecular complexity index is 1180. The Morgan fingerprint density at radius 1 is 1.28 bits per heavy atom. The maximum Gasteiger partial charge on any atom is 0.329 e. The molecule has 29 heavy (non-hydrogen) atoms. The van der Waals surface area contributed by atoms with Crippen molar-refractivity contribution in [1.29, 1.82) is 0 Å². The van der Waals surface area contributed by atoms with Crippen molar-refractivity contribution in [1.82, 2.24) is 19.9 Å². The predicted octanol–water partition coefficient (Wildman–Crippen LogP) is 2.76. The van der Waals surface area contributed by atoms with E-state index in [4.69, 9.17) is 0 Å². The summed E-state index contributed by atoms with van der Waals surface area (Å²) in [5.41, 5.74) is -1.07. The molecule has 3 rings (SSSR count). The standard InChI is InChI=1S/C20H20F2N4O3.2H2/c1-11(2)7-17(18(27)24-10-16-14(22)8-12(21)9-23-16)26-19(28)13-5-3-4-6-15(13)25-20(26)29;;/h3-6,8-9,11,17H,7,10H2,1-2H3,(H,24,27)(H,25,29);2*1H/t17-;;/m0../s1. The molecule has 0 spiro atoms. The molecule has 2 N–H and O–H groups in total. The van der Waals surface area contributed by atoms with E-state index in [1.807, 2.05) is 13.8 Å². The fourth-order valence-corrected chi connectivity index (χ4v) is 3.10. The van der Waals surface area contributed by atoms with Crippen molar-refractivity contribution in [3.63, 3.8) is 0 Å². The van der Waals surface area contributed by atoms with Crippen molar-refractivity contribution >= 4 is 16.8 Å². The Balaban J connectivity index is 0.00000240. The van der Waals surface area contributed by atoms with Gasteiger partial charge in [0.25, 0.3) is 5.56 Å². The largest absolute Gasteiger partial charge is 0.349 e. The number of nitrogens with one attached hydrogen (secondary N) is 2. The average Bonchev–Trinajstić information content (AvgIpc) is 2.66. The van der Waals surface area contributed by atoms with Crippen LogP contribution in [0.3, 0.4) is 0 Å². The van der Waals surface area contributed by atoms with Crippen LogP contribution in [0.25, 0.3) is 10.9 Å². The van der Waals surface area contributed by atoms with Crippen molar-refractivity contribution < 1.29 is 16.4 Å². The van der Waals surface area contributed by atoms with Gasteiger partial charge in [-0.1, -0.05) is 26.0 Å². The fourth-order valence-electron chi connectivity index (χ4n) is 3.10. The molecule has 2 heterocycles. The number of nitrogens with zero attached hydrogens (tertiary/aromatic N) is 2. The second-order valence-corrected chi connectivity index (χ2v) is 7.10. The Kier molecular flexibility index (Phi) is 5.86. The summed E-state index contributed by atoms with van der Waals surface area (Å²) in [5, 5.41) is 2.77. The van der Waals surface area contributed by atoms with E-state index in [2.05, 4.69) is 15.3 Å². The maximum absolute atomic E-state index is 13.8. The number of H-pyrrole nitrogens is 1. The van der Waals surface area contributed by atoms with Crippen LogP contribution in [0, 0.1) is 17.6 Å². The number of aromatic nitrogens is 3. The van der Waals surface area contributed by atoms with Crippen molar-refractivity contribution in [2.45, 2.75) is 32.9 Å². The zero-order valence-electron chi connectivity index (χ0n) is 15.9. The van der Waals surface area contributed by atoms with Crippen LogP contribution in [0.1, 0.15) is 34.9 Å². The lowest BCUT2D eigenvalue weighted by molar-refractivity contribution is -0.125. The second kappa shape index (κ2) is 8.34. The number of carbonyl (C=O) groups is 1. The molecule has 9 heteroatoms. The minimum atomic E-state index is -1.10. The summed E-state index contributed by atoms with van der Waals surface area (Å²) in [6.07, 6.45) is 1.06. The lowest BCUT2D eigenvalue weighted by atomic mass is 10.0. The molecule has 0 bridgehead atoms. The highest BCUT2D eigenvalue weighted by molar-refractivity contribution is 5.81. The molecule has 0 radical (unpaired) electrons. The van der Waals surface area contributed by atoms with Crippen LogP contribution < -0.4 is 16.6 Å². The van der Waals surface area contributed by atoms with E-state index in [0.717, 1.165) is 10.8 Å². The molecule has 156 valence electrons. The van der Waals surface area contributed by atoms with Gasteiger partial charge in [0, 0.05) is 8.92 Å². The van der Waals surface area contributed by atoms with E-state index in [1.165, 1.54) is 0 Å². The molecule has 0 fully saturated rings. The number of rotatable bonds is 6. The van der Waals surface area contributed by atoms with Crippen molar-refractivity contribution in [3.05, 3.63) is 74.7 Å². The van der Waals surface area contributed by atoms with E-state index in [1.54, 1.807) is 24.3 Å². The molecule has 0 aliphatic heterocycles. The quantitative estimate of drug-likeness (QED) is 0.658. The molecule has 0 aliphatic rings. The summed E-state index contributed by atoms with van der Waals surface area (Å²) in [7, 11) is 0. The third-order valence-corrected chi connectivity index (χ3v) is 4.46. The van der Waals surface area contributed by atoms with Crippen molar-refractivity contribution in [3.8, 4) is 0 Å². The van der Waals surface area contributed by atoms with Gasteiger partial charge in [-0.3, -0.25) is 14.6 Å². The van der Waals surface area contributed by atoms with Crippen LogP contribution in [0.5, 0.6) is 0 Å². The minimum absolute atomic E-state index is 0. The second-order valence-electron chi connectivity index (χ2n) is 7.10. The molecule has 0 saturated carbocycles. The highest BCUT2D eigenvalue weighted by Gasteiger charge is 2.26. The van der Waals surface area contributed by atoms with Gasteiger partial charge in [-0.15, -0.1) is 0 Å². The molecule has 0 unspecified atom stereocenters. The van der Waals surface area contributed by atoms with Gasteiger partial charge >= 0.3 is 5.69 Å². The number of hydrogen-bond acceptors (Lipinski definition) is 4. The molecule has 2 aromatic heterocycles. The monoisotopic (exact) mass is 406 g/mol. The first-order valence-corrected chi connectivity index (χ1v) is 9.09. The zero-order valence-corrected chi connectivity index (χ0v) is 15.9. The Morgan fingerprint density at radius 3 is 2.69 bits per heavy atom. The van der Waals surface area contributed by atoms with Gasteiger partial charge in [-0.2, -0.15) is 0 Å². The number of para-hydroxylation sites is 1. The number of carbonyl (C=O) groups excluding carboxylic acids is 1. The summed E-state index contributed by atoms with van der Waals surface area (Å²) >= 11 is 0. The summed E-state index contributed by atoms with van der Waals surface area (Å²) in [5.74, 6) is -2.37. The number of amides is 1. The summed E-state index contributed by atoms with van der Waals surface area (Å²) in [6.45, 7) is 3.39. The van der Waals surface area contributed by atoms with Crippen LogP contribution in [0.15, 0.2) is 46.1 Å². The zero-order chi connectivity index (χ0) is 21.1. The molecule has 0 aliphatic carbocycles. The first kappa shape index (κ1) is 20.4. The maximum atomic E-state index is 13.8. The molecule has 1 amide bonds. The van der Waals surface area contributed by atoms with E-state index in [9.17, 15) is 23.2 Å². The molecule has 1 atom stereocenters. The summed E-state index contributed by atoms with van der Waals surface area (Å²) in [6, 6.07) is 6.07. The first-order valence-electron chi connectivity index (χ1n) is 9.09. The smallest absolute Gasteiger partial charge is 0.329 e. The van der Waals surface area contributed by atoms with Gasteiger partial charge in [-0.05, 0) is 24.5 Å². The summed E-state index contributed by atoms with van der Waals surface area (Å²) < 4.78 is 27.6. The third kappa shape index (κ3) is 4.39. The average molecular weight is 406 g/mol. The van der Waals surface area contributed by atoms with Crippen LogP contribution >= 0.6 is 0 Å². The SMILES string of the molecule is CC(C)C[C@@H](C(=O)NCc1ncc(F)cc1F)n1c(=O)[nH]c2ccccc2c1=O.[HH].[HH]. The predicted molar refractivity (Wildman–Crippen MR) is 108 cm³/mol. The number of aromatic amines is 1. The number of hydrogen-bond donors (Lipinski definition) is 2. The number of benzene rings is 1. The molecular weight excluding hydrogens is 382 g/mol. The number of halogens is 2. The fraction of sp³-hybridized carbons (Fsp3) is 0.300. The van der Waals surface area contributed by atoms with Gasteiger partial charge in [0.2, 0.25) is 5.91 Å². The van der Waals surface area contributed by atoms with E-state index < -0.39 is 34.8 Å². The normalized spacial score (nSPS) is 12.3. The molecule has 0 saturated heterocycles. The molecular formula is C20H24F2N4O3. The van der Waals surface area contributed by atoms with Gasteiger partial charge < -0.3 is 10.3 Å². The van der Waals surface area contributed by atoms with Crippen LogP contribution in [0.2, 0.25) is 0 Å². The van der Waals surface area contributed by atoms with Crippen LogP contribution in [-0.2, 0) is 11.3 Å². The highest BCUT2D eigenvalue weighted by Crippen LogP contribution is 2.16. The van der Waals surface area contributed by atoms with E-state index >= 15 is 0 Å². The molecule has 3 aromatic rings. The van der Waals surface area contributed by atoms with Gasteiger partial charge in [0.05, 0.1) is 29.3 Å². The van der Waals surface area contributed by atoms with Crippen LogP contribution in [0.4, 0.5) is 8.78 Å². The van der Waals surface area contributed by atoms with Gasteiger partial charge in [0.15, 0.2) is 0 Å². The van der Waals surface area contributed by atoms with E-state index in [0.29, 0.717) is 11.6 Å². The van der Waals surface area contributed by atoms with Gasteiger partial charge in [-0.25, -0.2) is 18.1 Å². The first-order chi connectivity index (χ1) is 13.8. The Morgan fingerprint density at radius 2 is 2.00 bits per heavy atom. The number of fused-ring (bicyclic) bond motifs is 1. The topological polar surface area (TPSA) is 96.8 Å². The Hall–Kier alpha value is -3.36. The van der Waals surface area contributed by atoms with Crippen molar-refractivity contribution in [2.75, 3.05) is 0 Å². The number of pyridine rings is 1. The van der Waals surface area contributed by atoms with Gasteiger partial charge in [0.1, 0.15) is 17.7 Å². The molecule has 1 aromatic carbocycles. The van der Waals surface area contributed by atoms with E-state index in [-0.39, 0.29) is 32.8 Å². The third-order valence-electron chi connectivity index (χ3n) is 4.46. The lowest BCUT2D eigenvalue weighted by Crippen LogP contribution is -2.45. The lowest BCUT2D eigenvalue weighted by Gasteiger charge is -2.20. The summed E-state index contributed by atoms with van der Waals surface area (Å²) in [4.78, 5) is 44.5. The highest BCUT2D eigenvalue weighted by atomic mass is 19.1. The Labute approximate surface area is 167 Å². The van der Waals surface area contributed by atoms with Crippen molar-refractivity contribution in [2.24, 2.45) is 5.92 Å². The molecule has 7 nitrogen and oxygen atoms in total. The van der Waals surface area contributed by atoms with Crippen LogP contribution in [-0.4, -0.2) is 20.4 Å².